The third-order valence-electron chi connectivity index (χ3n) is 2.97. The molecule has 5 nitrogen and oxygen atoms in total. The van der Waals surface area contributed by atoms with Crippen LogP contribution in [0.1, 0.15) is 26.7 Å². The van der Waals surface area contributed by atoms with Crippen LogP contribution in [0.25, 0.3) is 0 Å². The van der Waals surface area contributed by atoms with Gasteiger partial charge in [0, 0.05) is 36.2 Å². The molecule has 0 amide bonds. The lowest BCUT2D eigenvalue weighted by molar-refractivity contribution is -0.138. The number of carboxylic acids is 1. The molecule has 0 aromatic carbocycles. The SMILES string of the molecule is C=CS(=O)CCN(CCC)CCN(CCC)CC(=O)O. The molecule has 0 saturated heterocycles. The van der Waals surface area contributed by atoms with E-state index in [-0.39, 0.29) is 6.54 Å². The maximum absolute atomic E-state index is 11.4. The van der Waals surface area contributed by atoms with Crippen LogP contribution in [0.15, 0.2) is 12.0 Å². The van der Waals surface area contributed by atoms with Gasteiger partial charge < -0.3 is 10.0 Å². The molecule has 0 aromatic heterocycles. The first-order valence-electron chi connectivity index (χ1n) is 7.19. The van der Waals surface area contributed by atoms with Gasteiger partial charge in [-0.05, 0) is 31.3 Å². The Hall–Kier alpha value is -0.720. The lowest BCUT2D eigenvalue weighted by Gasteiger charge is -2.26. The number of hydrogen-bond acceptors (Lipinski definition) is 4. The van der Waals surface area contributed by atoms with Crippen LogP contribution in [0.2, 0.25) is 0 Å². The zero-order valence-corrected chi connectivity index (χ0v) is 13.5. The lowest BCUT2D eigenvalue weighted by atomic mass is 10.3. The van der Waals surface area contributed by atoms with Crippen molar-refractivity contribution in [2.24, 2.45) is 0 Å². The number of nitrogens with zero attached hydrogens (tertiary/aromatic N) is 2. The van der Waals surface area contributed by atoms with E-state index in [1.165, 1.54) is 5.41 Å². The molecule has 0 aromatic rings. The van der Waals surface area contributed by atoms with Crippen LogP contribution in [0.5, 0.6) is 0 Å². The minimum absolute atomic E-state index is 0.0897. The highest BCUT2D eigenvalue weighted by molar-refractivity contribution is 7.87. The highest BCUT2D eigenvalue weighted by Gasteiger charge is 2.11. The molecular formula is C14H28N2O3S. The van der Waals surface area contributed by atoms with E-state index in [1.807, 2.05) is 11.8 Å². The third kappa shape index (κ3) is 10.1. The summed E-state index contributed by atoms with van der Waals surface area (Å²) in [5.41, 5.74) is 0. The quantitative estimate of drug-likeness (QED) is 0.557. The summed E-state index contributed by atoms with van der Waals surface area (Å²) in [6, 6.07) is 0. The molecule has 0 aliphatic rings. The van der Waals surface area contributed by atoms with Crippen LogP contribution in [0.3, 0.4) is 0 Å². The Bertz CT molecular complexity index is 311. The van der Waals surface area contributed by atoms with E-state index >= 15 is 0 Å². The van der Waals surface area contributed by atoms with Crippen LogP contribution in [-0.4, -0.2) is 70.1 Å². The lowest BCUT2D eigenvalue weighted by Crippen LogP contribution is -2.39. The summed E-state index contributed by atoms with van der Waals surface area (Å²) in [5, 5.41) is 10.4. The van der Waals surface area contributed by atoms with Crippen LogP contribution >= 0.6 is 0 Å². The molecule has 0 saturated carbocycles. The molecule has 0 fully saturated rings. The zero-order valence-electron chi connectivity index (χ0n) is 12.7. The Labute approximate surface area is 125 Å². The van der Waals surface area contributed by atoms with Crippen molar-refractivity contribution >= 4 is 16.8 Å². The average molecular weight is 304 g/mol. The maximum atomic E-state index is 11.4. The summed E-state index contributed by atoms with van der Waals surface area (Å²) < 4.78 is 11.4. The molecule has 0 spiro atoms. The molecule has 0 radical (unpaired) electrons. The van der Waals surface area contributed by atoms with E-state index < -0.39 is 16.8 Å². The molecule has 0 aliphatic carbocycles. The second kappa shape index (κ2) is 12.1. The Morgan fingerprint density at radius 3 is 2.15 bits per heavy atom. The Kier molecular flexibility index (Phi) is 11.6. The first-order chi connectivity index (χ1) is 9.53. The molecule has 118 valence electrons. The van der Waals surface area contributed by atoms with Crippen molar-refractivity contribution in [3.05, 3.63) is 12.0 Å². The van der Waals surface area contributed by atoms with Crippen LogP contribution in [-0.2, 0) is 15.6 Å². The van der Waals surface area contributed by atoms with Gasteiger partial charge >= 0.3 is 5.97 Å². The van der Waals surface area contributed by atoms with Gasteiger partial charge in [-0.2, -0.15) is 0 Å². The van der Waals surface area contributed by atoms with E-state index in [2.05, 4.69) is 18.4 Å². The Balaban J connectivity index is 4.22. The minimum atomic E-state index is -0.963. The van der Waals surface area contributed by atoms with Crippen LogP contribution < -0.4 is 0 Å². The van der Waals surface area contributed by atoms with E-state index in [4.69, 9.17) is 5.11 Å². The highest BCUT2D eigenvalue weighted by atomic mass is 32.2. The van der Waals surface area contributed by atoms with Crippen molar-refractivity contribution in [2.75, 3.05) is 45.0 Å². The molecule has 1 atom stereocenters. The molecular weight excluding hydrogens is 276 g/mol. The van der Waals surface area contributed by atoms with Gasteiger partial charge in [-0.25, -0.2) is 0 Å². The van der Waals surface area contributed by atoms with Crippen molar-refractivity contribution < 1.29 is 14.1 Å². The molecule has 0 aliphatic heterocycles. The highest BCUT2D eigenvalue weighted by Crippen LogP contribution is 1.97. The summed E-state index contributed by atoms with van der Waals surface area (Å²) in [5.74, 6) is -0.191. The third-order valence-corrected chi connectivity index (χ3v) is 3.92. The predicted molar refractivity (Wildman–Crippen MR) is 84.3 cm³/mol. The number of carbonyl (C=O) groups is 1. The monoisotopic (exact) mass is 304 g/mol. The summed E-state index contributed by atoms with van der Waals surface area (Å²) in [7, 11) is -0.963. The first kappa shape index (κ1) is 19.3. The smallest absolute Gasteiger partial charge is 0.317 e. The average Bonchev–Trinajstić information content (AvgIpc) is 2.40. The molecule has 0 heterocycles. The molecule has 1 unspecified atom stereocenters. The number of aliphatic carboxylic acids is 1. The number of carboxylic acid groups (broad SMARTS) is 1. The van der Waals surface area contributed by atoms with E-state index in [0.717, 1.165) is 45.6 Å². The second-order valence-corrected chi connectivity index (χ2v) is 6.27. The molecule has 6 heteroatoms. The summed E-state index contributed by atoms with van der Waals surface area (Å²) >= 11 is 0. The Morgan fingerprint density at radius 2 is 1.65 bits per heavy atom. The molecule has 1 N–H and O–H groups in total. The van der Waals surface area contributed by atoms with Crippen molar-refractivity contribution in [1.82, 2.24) is 9.80 Å². The fraction of sp³-hybridized carbons (Fsp3) is 0.786. The fourth-order valence-corrected chi connectivity index (χ4v) is 2.62. The van der Waals surface area contributed by atoms with Gasteiger partial charge in [0.2, 0.25) is 0 Å². The predicted octanol–water partition coefficient (Wildman–Crippen LogP) is 1.39. The summed E-state index contributed by atoms with van der Waals surface area (Å²) in [6.07, 6.45) is 1.98. The van der Waals surface area contributed by atoms with E-state index in [1.54, 1.807) is 0 Å². The van der Waals surface area contributed by atoms with Crippen molar-refractivity contribution in [3.63, 3.8) is 0 Å². The molecule has 0 bridgehead atoms. The number of rotatable bonds is 13. The number of hydrogen-bond donors (Lipinski definition) is 1. The van der Waals surface area contributed by atoms with E-state index in [9.17, 15) is 9.00 Å². The van der Waals surface area contributed by atoms with Gasteiger partial charge in [0.05, 0.1) is 6.54 Å². The van der Waals surface area contributed by atoms with Gasteiger partial charge in [0.25, 0.3) is 0 Å². The second-order valence-electron chi connectivity index (χ2n) is 4.76. The van der Waals surface area contributed by atoms with Gasteiger partial charge in [0.15, 0.2) is 0 Å². The topological polar surface area (TPSA) is 60.9 Å². The maximum Gasteiger partial charge on any atom is 0.317 e. The summed E-state index contributed by atoms with van der Waals surface area (Å²) in [6.45, 7) is 11.8. The van der Waals surface area contributed by atoms with Crippen molar-refractivity contribution in [3.8, 4) is 0 Å². The van der Waals surface area contributed by atoms with Gasteiger partial charge in [-0.1, -0.05) is 20.4 Å². The van der Waals surface area contributed by atoms with Crippen molar-refractivity contribution in [1.29, 1.82) is 0 Å². The molecule has 20 heavy (non-hydrogen) atoms. The summed E-state index contributed by atoms with van der Waals surface area (Å²) in [4.78, 5) is 15.0. The van der Waals surface area contributed by atoms with Crippen LogP contribution in [0, 0.1) is 0 Å². The first-order valence-corrected chi connectivity index (χ1v) is 8.57. The fourth-order valence-electron chi connectivity index (χ4n) is 2.01. The van der Waals surface area contributed by atoms with Gasteiger partial charge in [0.1, 0.15) is 0 Å². The standard InChI is InChI=1S/C14H28N2O3S/c1-4-7-15(11-12-20(19)6-3)9-10-16(8-5-2)13-14(17)18/h6H,3-5,7-13H2,1-2H3,(H,17,18). The van der Waals surface area contributed by atoms with Crippen LogP contribution in [0.4, 0.5) is 0 Å². The normalized spacial score (nSPS) is 12.8. The zero-order chi connectivity index (χ0) is 15.4. The molecule has 0 rings (SSSR count). The Morgan fingerprint density at radius 1 is 1.10 bits per heavy atom. The largest absolute Gasteiger partial charge is 0.480 e. The van der Waals surface area contributed by atoms with Gasteiger partial charge in [-0.3, -0.25) is 13.9 Å². The van der Waals surface area contributed by atoms with Crippen molar-refractivity contribution in [2.45, 2.75) is 26.7 Å². The van der Waals surface area contributed by atoms with Gasteiger partial charge in [-0.15, -0.1) is 0 Å². The minimum Gasteiger partial charge on any atom is -0.480 e. The van der Waals surface area contributed by atoms with E-state index in [0.29, 0.717) is 5.75 Å².